The lowest BCUT2D eigenvalue weighted by molar-refractivity contribution is -0.0361. The standard InChI is InChI=1S/C16H17F2N7/c17-16(18)3-1-10(2-4-16)23-15-12(19)8-21-14(24-15)11-7-22-25-6-5-20-9-13(11)25/h5-10H,1-4,19H2,(H,21,23,24). The fourth-order valence-electron chi connectivity index (χ4n) is 3.02. The minimum Gasteiger partial charge on any atom is -0.394 e. The van der Waals surface area contributed by atoms with Crippen LogP contribution in [0.1, 0.15) is 25.7 Å². The van der Waals surface area contributed by atoms with Gasteiger partial charge in [0.2, 0.25) is 5.92 Å². The predicted molar refractivity (Wildman–Crippen MR) is 89.3 cm³/mol. The maximum Gasteiger partial charge on any atom is 0.248 e. The zero-order chi connectivity index (χ0) is 17.4. The molecule has 0 spiro atoms. The van der Waals surface area contributed by atoms with Crippen molar-refractivity contribution in [2.24, 2.45) is 0 Å². The van der Waals surface area contributed by atoms with E-state index in [0.29, 0.717) is 30.2 Å². The highest BCUT2D eigenvalue weighted by molar-refractivity contribution is 5.76. The molecule has 1 fully saturated rings. The van der Waals surface area contributed by atoms with Crippen LogP contribution in [0.3, 0.4) is 0 Å². The Labute approximate surface area is 142 Å². The van der Waals surface area contributed by atoms with Crippen molar-refractivity contribution >= 4 is 17.0 Å². The van der Waals surface area contributed by atoms with Gasteiger partial charge in [0.25, 0.3) is 0 Å². The van der Waals surface area contributed by atoms with E-state index in [-0.39, 0.29) is 18.9 Å². The molecule has 0 radical (unpaired) electrons. The topological polar surface area (TPSA) is 94.0 Å². The molecule has 1 aliphatic carbocycles. The average Bonchev–Trinajstić information content (AvgIpc) is 3.03. The van der Waals surface area contributed by atoms with Gasteiger partial charge in [-0.15, -0.1) is 0 Å². The molecule has 0 bridgehead atoms. The lowest BCUT2D eigenvalue weighted by atomic mass is 9.92. The van der Waals surface area contributed by atoms with E-state index in [9.17, 15) is 8.78 Å². The van der Waals surface area contributed by atoms with E-state index in [2.05, 4.69) is 25.4 Å². The van der Waals surface area contributed by atoms with E-state index in [4.69, 9.17) is 5.73 Å². The van der Waals surface area contributed by atoms with Crippen molar-refractivity contribution in [3.05, 3.63) is 31.0 Å². The predicted octanol–water partition coefficient (Wildman–Crippen LogP) is 2.76. The number of anilines is 2. The summed E-state index contributed by atoms with van der Waals surface area (Å²) in [4.78, 5) is 12.8. The van der Waals surface area contributed by atoms with Crippen LogP contribution >= 0.6 is 0 Å². The van der Waals surface area contributed by atoms with E-state index in [0.717, 1.165) is 11.1 Å². The minimum atomic E-state index is -2.56. The summed E-state index contributed by atoms with van der Waals surface area (Å²) in [5.41, 5.74) is 7.84. The third kappa shape index (κ3) is 3.09. The molecule has 0 amide bonds. The second-order valence-electron chi connectivity index (χ2n) is 6.24. The number of nitrogens with two attached hydrogens (primary N) is 1. The summed E-state index contributed by atoms with van der Waals surface area (Å²) in [7, 11) is 0. The monoisotopic (exact) mass is 345 g/mol. The molecule has 3 heterocycles. The van der Waals surface area contributed by atoms with Crippen LogP contribution in [0.25, 0.3) is 16.9 Å². The van der Waals surface area contributed by atoms with Gasteiger partial charge in [0.15, 0.2) is 11.6 Å². The first-order valence-corrected chi connectivity index (χ1v) is 8.06. The SMILES string of the molecule is Nc1cnc(-c2cnn3ccncc23)nc1NC1CCC(F)(F)CC1. The van der Waals surface area contributed by atoms with E-state index in [1.807, 2.05) is 0 Å². The van der Waals surface area contributed by atoms with Crippen molar-refractivity contribution in [1.82, 2.24) is 24.6 Å². The molecule has 7 nitrogen and oxygen atoms in total. The van der Waals surface area contributed by atoms with Crippen molar-refractivity contribution < 1.29 is 8.78 Å². The number of hydrogen-bond donors (Lipinski definition) is 2. The number of nitrogens with zero attached hydrogens (tertiary/aromatic N) is 5. The largest absolute Gasteiger partial charge is 0.394 e. The van der Waals surface area contributed by atoms with Crippen molar-refractivity contribution in [2.45, 2.75) is 37.6 Å². The van der Waals surface area contributed by atoms with Gasteiger partial charge in [-0.25, -0.2) is 23.3 Å². The van der Waals surface area contributed by atoms with Crippen LogP contribution < -0.4 is 11.1 Å². The molecule has 3 aromatic heterocycles. The molecule has 130 valence electrons. The van der Waals surface area contributed by atoms with Gasteiger partial charge < -0.3 is 11.1 Å². The molecule has 9 heteroatoms. The van der Waals surface area contributed by atoms with E-state index >= 15 is 0 Å². The lowest BCUT2D eigenvalue weighted by Gasteiger charge is -2.29. The molecule has 3 aromatic rings. The summed E-state index contributed by atoms with van der Waals surface area (Å²) in [6.45, 7) is 0. The quantitative estimate of drug-likeness (QED) is 0.758. The number of hydrogen-bond acceptors (Lipinski definition) is 6. The highest BCUT2D eigenvalue weighted by Crippen LogP contribution is 2.34. The van der Waals surface area contributed by atoms with Gasteiger partial charge in [-0.1, -0.05) is 0 Å². The second kappa shape index (κ2) is 5.91. The first-order valence-electron chi connectivity index (χ1n) is 8.06. The van der Waals surface area contributed by atoms with Gasteiger partial charge in [0, 0.05) is 31.3 Å². The zero-order valence-corrected chi connectivity index (χ0v) is 13.4. The van der Waals surface area contributed by atoms with Crippen LogP contribution in [-0.4, -0.2) is 36.5 Å². The highest BCUT2D eigenvalue weighted by Gasteiger charge is 2.35. The Hall–Kier alpha value is -2.84. The number of halogens is 2. The van der Waals surface area contributed by atoms with Gasteiger partial charge in [0.05, 0.1) is 35.4 Å². The van der Waals surface area contributed by atoms with Gasteiger partial charge in [0.1, 0.15) is 0 Å². The number of nitrogens with one attached hydrogen (secondary N) is 1. The highest BCUT2D eigenvalue weighted by atomic mass is 19.3. The van der Waals surface area contributed by atoms with Crippen molar-refractivity contribution in [3.8, 4) is 11.4 Å². The molecule has 1 saturated carbocycles. The smallest absolute Gasteiger partial charge is 0.248 e. The number of aromatic nitrogens is 5. The molecule has 0 atom stereocenters. The maximum absolute atomic E-state index is 13.3. The van der Waals surface area contributed by atoms with Gasteiger partial charge in [-0.05, 0) is 12.8 Å². The molecule has 0 saturated heterocycles. The number of fused-ring (bicyclic) bond motifs is 1. The fourth-order valence-corrected chi connectivity index (χ4v) is 3.02. The summed E-state index contributed by atoms with van der Waals surface area (Å²) < 4.78 is 28.3. The molecule has 0 aromatic carbocycles. The summed E-state index contributed by atoms with van der Waals surface area (Å²) in [5, 5.41) is 7.43. The molecular formula is C16H17F2N7. The Kier molecular flexibility index (Phi) is 3.70. The van der Waals surface area contributed by atoms with Crippen molar-refractivity contribution in [3.63, 3.8) is 0 Å². The summed E-state index contributed by atoms with van der Waals surface area (Å²) in [6, 6.07) is -0.0738. The van der Waals surface area contributed by atoms with Crippen molar-refractivity contribution in [1.29, 1.82) is 0 Å². The summed E-state index contributed by atoms with van der Waals surface area (Å²) >= 11 is 0. The average molecular weight is 345 g/mol. The summed E-state index contributed by atoms with van der Waals surface area (Å²) in [6.07, 6.45) is 8.74. The number of rotatable bonds is 3. The normalized spacial score (nSPS) is 17.7. The van der Waals surface area contributed by atoms with Gasteiger partial charge in [-0.2, -0.15) is 5.10 Å². The summed E-state index contributed by atoms with van der Waals surface area (Å²) in [5.74, 6) is -1.64. The van der Waals surface area contributed by atoms with Crippen LogP contribution in [0, 0.1) is 0 Å². The first-order chi connectivity index (χ1) is 12.0. The molecule has 0 aliphatic heterocycles. The Morgan fingerprint density at radius 2 is 2.00 bits per heavy atom. The van der Waals surface area contributed by atoms with Crippen LogP contribution in [0.15, 0.2) is 31.0 Å². The van der Waals surface area contributed by atoms with Crippen LogP contribution in [0.4, 0.5) is 20.3 Å². The lowest BCUT2D eigenvalue weighted by Crippen LogP contribution is -2.32. The molecule has 25 heavy (non-hydrogen) atoms. The number of alkyl halides is 2. The molecule has 0 unspecified atom stereocenters. The molecule has 4 rings (SSSR count). The first kappa shape index (κ1) is 15.7. The third-order valence-corrected chi connectivity index (χ3v) is 4.44. The molecular weight excluding hydrogens is 328 g/mol. The Balaban J connectivity index is 1.61. The molecule has 1 aliphatic rings. The van der Waals surface area contributed by atoms with Crippen molar-refractivity contribution in [2.75, 3.05) is 11.1 Å². The van der Waals surface area contributed by atoms with Crippen LogP contribution in [-0.2, 0) is 0 Å². The fraction of sp³-hybridized carbons (Fsp3) is 0.375. The van der Waals surface area contributed by atoms with Gasteiger partial charge >= 0.3 is 0 Å². The zero-order valence-electron chi connectivity index (χ0n) is 13.4. The van der Waals surface area contributed by atoms with E-state index in [1.165, 1.54) is 6.20 Å². The Bertz CT molecular complexity index is 898. The van der Waals surface area contributed by atoms with E-state index < -0.39 is 5.92 Å². The van der Waals surface area contributed by atoms with Gasteiger partial charge in [-0.3, -0.25) is 4.98 Å². The van der Waals surface area contributed by atoms with Crippen LogP contribution in [0.5, 0.6) is 0 Å². The molecule has 3 N–H and O–H groups in total. The second-order valence-corrected chi connectivity index (χ2v) is 6.24. The number of nitrogen functional groups attached to an aromatic ring is 1. The Morgan fingerprint density at radius 1 is 1.20 bits per heavy atom. The van der Waals surface area contributed by atoms with Crippen LogP contribution in [0.2, 0.25) is 0 Å². The maximum atomic E-state index is 13.3. The Morgan fingerprint density at radius 3 is 2.80 bits per heavy atom. The minimum absolute atomic E-state index is 0.0738. The van der Waals surface area contributed by atoms with E-state index in [1.54, 1.807) is 29.3 Å². The third-order valence-electron chi connectivity index (χ3n) is 4.44.